The number of nitrogens with one attached hydrogen (secondary N) is 1. The second-order valence-corrected chi connectivity index (χ2v) is 7.78. The lowest BCUT2D eigenvalue weighted by atomic mass is 10.0. The molecule has 0 bridgehead atoms. The molecule has 1 aromatic carbocycles. The van der Waals surface area contributed by atoms with E-state index in [-0.39, 0.29) is 12.5 Å². The zero-order valence-electron chi connectivity index (χ0n) is 15.0. The Labute approximate surface area is 152 Å². The van der Waals surface area contributed by atoms with Crippen LogP contribution in [0.4, 0.5) is 4.79 Å². The Bertz CT molecular complexity index is 693. The summed E-state index contributed by atoms with van der Waals surface area (Å²) >= 11 is 0.872. The monoisotopic (exact) mass is 360 g/mol. The van der Waals surface area contributed by atoms with Crippen LogP contribution in [0.1, 0.15) is 44.7 Å². The van der Waals surface area contributed by atoms with Crippen molar-refractivity contribution >= 4 is 34.9 Å². The summed E-state index contributed by atoms with van der Waals surface area (Å²) in [4.78, 5) is 37.7. The van der Waals surface area contributed by atoms with Gasteiger partial charge < -0.3 is 5.32 Å². The smallest absolute Gasteiger partial charge is 0.294 e. The summed E-state index contributed by atoms with van der Waals surface area (Å²) in [7, 11) is 0. The van der Waals surface area contributed by atoms with E-state index in [4.69, 9.17) is 0 Å². The van der Waals surface area contributed by atoms with Gasteiger partial charge in [0, 0.05) is 6.54 Å². The lowest BCUT2D eigenvalue weighted by Gasteiger charge is -2.13. The van der Waals surface area contributed by atoms with Crippen molar-refractivity contribution in [3.63, 3.8) is 0 Å². The number of benzene rings is 1. The molecular formula is C19H24N2O3S. The highest BCUT2D eigenvalue weighted by atomic mass is 32.2. The van der Waals surface area contributed by atoms with E-state index in [0.717, 1.165) is 22.2 Å². The lowest BCUT2D eigenvalue weighted by molar-refractivity contribution is -0.129. The number of hydrogen-bond donors (Lipinski definition) is 1. The topological polar surface area (TPSA) is 66.5 Å². The quantitative estimate of drug-likeness (QED) is 0.787. The maximum Gasteiger partial charge on any atom is 0.294 e. The van der Waals surface area contributed by atoms with Crippen molar-refractivity contribution in [3.8, 4) is 0 Å². The highest BCUT2D eigenvalue weighted by Crippen LogP contribution is 2.32. The molecule has 0 aliphatic carbocycles. The molecular weight excluding hydrogens is 336 g/mol. The van der Waals surface area contributed by atoms with Crippen LogP contribution in [0.2, 0.25) is 0 Å². The van der Waals surface area contributed by atoms with Gasteiger partial charge in [-0.3, -0.25) is 19.3 Å². The minimum atomic E-state index is -0.414. The molecule has 2 rings (SSSR count). The number of carbonyl (C=O) groups excluding carboxylic acids is 3. The van der Waals surface area contributed by atoms with Crippen LogP contribution in [0.15, 0.2) is 29.2 Å². The van der Waals surface area contributed by atoms with E-state index in [0.29, 0.717) is 23.3 Å². The van der Waals surface area contributed by atoms with Crippen molar-refractivity contribution in [1.82, 2.24) is 10.2 Å². The van der Waals surface area contributed by atoms with Gasteiger partial charge in [0.05, 0.1) is 4.91 Å². The molecule has 0 radical (unpaired) electrons. The minimum absolute atomic E-state index is 0.235. The molecule has 1 aliphatic rings. The molecule has 5 nitrogen and oxygen atoms in total. The third kappa shape index (κ3) is 5.19. The van der Waals surface area contributed by atoms with E-state index in [1.807, 2.05) is 38.1 Å². The van der Waals surface area contributed by atoms with Crippen LogP contribution < -0.4 is 5.32 Å². The molecule has 6 heteroatoms. The molecule has 1 aliphatic heterocycles. The normalized spacial score (nSPS) is 16.4. The minimum Gasteiger partial charge on any atom is -0.354 e. The molecule has 3 amide bonds. The second kappa shape index (κ2) is 8.34. The largest absolute Gasteiger partial charge is 0.354 e. The van der Waals surface area contributed by atoms with Crippen molar-refractivity contribution < 1.29 is 14.4 Å². The fourth-order valence-electron chi connectivity index (χ4n) is 2.28. The highest BCUT2D eigenvalue weighted by Gasteiger charge is 2.36. The molecule has 1 N–H and O–H groups in total. The van der Waals surface area contributed by atoms with E-state index in [1.165, 1.54) is 5.56 Å². The predicted octanol–water partition coefficient (Wildman–Crippen LogP) is 3.62. The Hall–Kier alpha value is -2.08. The average Bonchev–Trinajstić information content (AvgIpc) is 2.81. The summed E-state index contributed by atoms with van der Waals surface area (Å²) in [6, 6.07) is 7.89. The maximum absolute atomic E-state index is 12.4. The summed E-state index contributed by atoms with van der Waals surface area (Å²) < 4.78 is 0. The first-order chi connectivity index (χ1) is 11.8. The van der Waals surface area contributed by atoms with Crippen LogP contribution in [0.25, 0.3) is 6.08 Å². The molecule has 1 heterocycles. The number of hydrogen-bond acceptors (Lipinski definition) is 4. The Morgan fingerprint density at radius 2 is 1.80 bits per heavy atom. The van der Waals surface area contributed by atoms with Gasteiger partial charge >= 0.3 is 0 Å². The average molecular weight is 360 g/mol. The van der Waals surface area contributed by atoms with Crippen molar-refractivity contribution in [2.75, 3.05) is 13.1 Å². The Balaban J connectivity index is 2.05. The van der Waals surface area contributed by atoms with E-state index < -0.39 is 11.1 Å². The van der Waals surface area contributed by atoms with Gasteiger partial charge in [0.15, 0.2) is 0 Å². The van der Waals surface area contributed by atoms with Crippen molar-refractivity contribution in [2.24, 2.45) is 5.92 Å². The maximum atomic E-state index is 12.4. The first-order valence-corrected chi connectivity index (χ1v) is 9.21. The van der Waals surface area contributed by atoms with Crippen molar-refractivity contribution in [2.45, 2.75) is 33.6 Å². The summed E-state index contributed by atoms with van der Waals surface area (Å²) in [5, 5.41) is 2.31. The molecule has 0 spiro atoms. The summed E-state index contributed by atoms with van der Waals surface area (Å²) in [6.07, 6.45) is 1.70. The fourth-order valence-corrected chi connectivity index (χ4v) is 3.12. The number of rotatable bonds is 6. The van der Waals surface area contributed by atoms with Crippen molar-refractivity contribution in [3.05, 3.63) is 40.3 Å². The van der Waals surface area contributed by atoms with Crippen LogP contribution >= 0.6 is 11.8 Å². The van der Waals surface area contributed by atoms with Gasteiger partial charge in [-0.25, -0.2) is 0 Å². The molecule has 0 unspecified atom stereocenters. The Morgan fingerprint density at radius 3 is 2.36 bits per heavy atom. The number of thioether (sulfide) groups is 1. The summed E-state index contributed by atoms with van der Waals surface area (Å²) in [6.45, 7) is 8.48. The third-order valence-corrected chi connectivity index (χ3v) is 4.69. The van der Waals surface area contributed by atoms with Gasteiger partial charge in [-0.15, -0.1) is 0 Å². The molecule has 1 saturated heterocycles. The van der Waals surface area contributed by atoms with Crippen LogP contribution in [-0.4, -0.2) is 35.0 Å². The van der Waals surface area contributed by atoms with Gasteiger partial charge in [-0.05, 0) is 40.8 Å². The standard InChI is InChI=1S/C19H24N2O3S/c1-12(2)10-20-17(22)11-21-18(23)16(25-19(21)24)9-14-5-7-15(8-6-14)13(3)4/h5-9,12-13H,10-11H2,1-4H3,(H,20,22)/b16-9-. The SMILES string of the molecule is CC(C)CNC(=O)CN1C(=O)S/C(=C\c2ccc(C(C)C)cc2)C1=O. The molecule has 134 valence electrons. The zero-order chi connectivity index (χ0) is 18.6. The van der Waals surface area contributed by atoms with E-state index in [2.05, 4.69) is 19.2 Å². The van der Waals surface area contributed by atoms with Gasteiger partial charge in [-0.2, -0.15) is 0 Å². The van der Waals surface area contributed by atoms with Gasteiger partial charge in [0.25, 0.3) is 11.1 Å². The predicted molar refractivity (Wildman–Crippen MR) is 101 cm³/mol. The first-order valence-electron chi connectivity index (χ1n) is 8.40. The lowest BCUT2D eigenvalue weighted by Crippen LogP contribution is -2.40. The van der Waals surface area contributed by atoms with Gasteiger partial charge in [0.2, 0.25) is 5.91 Å². The van der Waals surface area contributed by atoms with Crippen LogP contribution in [-0.2, 0) is 9.59 Å². The molecule has 0 saturated carbocycles. The first kappa shape index (κ1) is 19.2. The number of nitrogens with zero attached hydrogens (tertiary/aromatic N) is 1. The molecule has 0 aromatic heterocycles. The number of amides is 3. The molecule has 1 fully saturated rings. The summed E-state index contributed by atoms with van der Waals surface area (Å²) in [5.74, 6) is 0.0133. The highest BCUT2D eigenvalue weighted by molar-refractivity contribution is 8.18. The molecule has 0 atom stereocenters. The van der Waals surface area contributed by atoms with Crippen LogP contribution in [0, 0.1) is 5.92 Å². The molecule has 1 aromatic rings. The Kier molecular flexibility index (Phi) is 6.42. The van der Waals surface area contributed by atoms with Crippen LogP contribution in [0.3, 0.4) is 0 Å². The van der Waals surface area contributed by atoms with E-state index >= 15 is 0 Å². The van der Waals surface area contributed by atoms with Crippen molar-refractivity contribution in [1.29, 1.82) is 0 Å². The zero-order valence-corrected chi connectivity index (χ0v) is 15.9. The molecule has 25 heavy (non-hydrogen) atoms. The van der Waals surface area contributed by atoms with Gasteiger partial charge in [0.1, 0.15) is 6.54 Å². The third-order valence-electron chi connectivity index (χ3n) is 3.78. The summed E-state index contributed by atoms with van der Waals surface area (Å²) in [5.41, 5.74) is 2.08. The second-order valence-electron chi connectivity index (χ2n) is 6.79. The number of imide groups is 1. The van der Waals surface area contributed by atoms with Crippen LogP contribution in [0.5, 0.6) is 0 Å². The number of carbonyl (C=O) groups is 3. The fraction of sp³-hybridized carbons (Fsp3) is 0.421. The van der Waals surface area contributed by atoms with Gasteiger partial charge in [-0.1, -0.05) is 52.0 Å². The van der Waals surface area contributed by atoms with E-state index in [1.54, 1.807) is 6.08 Å². The Morgan fingerprint density at radius 1 is 1.16 bits per heavy atom. The van der Waals surface area contributed by atoms with E-state index in [9.17, 15) is 14.4 Å².